The van der Waals surface area contributed by atoms with Gasteiger partial charge in [0.2, 0.25) is 5.91 Å². The van der Waals surface area contributed by atoms with Crippen molar-refractivity contribution in [2.45, 2.75) is 51.5 Å². The Labute approximate surface area is 117 Å². The van der Waals surface area contributed by atoms with Gasteiger partial charge in [0.1, 0.15) is 0 Å². The third-order valence-corrected chi connectivity index (χ3v) is 4.53. The third kappa shape index (κ3) is 2.11. The molecule has 0 aromatic heterocycles. The topological polar surface area (TPSA) is 20.3 Å². The third-order valence-electron chi connectivity index (χ3n) is 4.53. The second-order valence-corrected chi connectivity index (χ2v) is 6.12. The van der Waals surface area contributed by atoms with E-state index in [0.717, 1.165) is 38.2 Å². The smallest absolute Gasteiger partial charge is 0.272 e. The van der Waals surface area contributed by atoms with Gasteiger partial charge in [0, 0.05) is 24.4 Å². The van der Waals surface area contributed by atoms with Gasteiger partial charge in [0.25, 0.3) is 5.92 Å². The molecule has 1 aromatic rings. The summed E-state index contributed by atoms with van der Waals surface area (Å²) in [4.78, 5) is 14.1. The van der Waals surface area contributed by atoms with Crippen LogP contribution in [0.1, 0.15) is 43.7 Å². The molecule has 0 atom stereocenters. The van der Waals surface area contributed by atoms with Crippen molar-refractivity contribution in [2.75, 3.05) is 4.90 Å². The molecular weight excluding hydrogens is 260 g/mol. The van der Waals surface area contributed by atoms with Gasteiger partial charge in [-0.1, -0.05) is 11.6 Å². The Hall–Kier alpha value is -1.45. The molecule has 0 N–H and O–H groups in total. The van der Waals surface area contributed by atoms with Crippen molar-refractivity contribution in [3.05, 3.63) is 29.3 Å². The van der Waals surface area contributed by atoms with Gasteiger partial charge in [-0.15, -0.1) is 0 Å². The molecule has 4 heteroatoms. The normalized spacial score (nSPS) is 26.2. The first kappa shape index (κ1) is 13.5. The minimum absolute atomic E-state index is 0.0274. The van der Waals surface area contributed by atoms with Gasteiger partial charge in [-0.25, -0.2) is 8.78 Å². The highest BCUT2D eigenvalue weighted by atomic mass is 19.3. The Kier molecular flexibility index (Phi) is 3.07. The standard InChI is InChI=1S/C16H19F2NO/c1-10-3-8-14(13(9-10)16(2,17)18)19-12-6-4-11(5-7-12)15(19)20/h3,8-9,11-12H,4-7H2,1-2H3. The molecule has 2 nitrogen and oxygen atoms in total. The van der Waals surface area contributed by atoms with Gasteiger partial charge >= 0.3 is 0 Å². The van der Waals surface area contributed by atoms with E-state index in [1.807, 2.05) is 0 Å². The summed E-state index contributed by atoms with van der Waals surface area (Å²) in [5.41, 5.74) is 1.17. The number of amides is 1. The summed E-state index contributed by atoms with van der Waals surface area (Å²) in [5.74, 6) is -2.88. The van der Waals surface area contributed by atoms with Crippen LogP contribution in [0.4, 0.5) is 14.5 Å². The first-order chi connectivity index (χ1) is 9.38. The van der Waals surface area contributed by atoms with Crippen LogP contribution in [0.25, 0.3) is 0 Å². The molecule has 2 heterocycles. The lowest BCUT2D eigenvalue weighted by Gasteiger charge is -2.45. The highest BCUT2D eigenvalue weighted by Crippen LogP contribution is 2.43. The fraction of sp³-hybridized carbons (Fsp3) is 0.562. The number of fused-ring (bicyclic) bond motifs is 3. The van der Waals surface area contributed by atoms with E-state index in [2.05, 4.69) is 0 Å². The summed E-state index contributed by atoms with van der Waals surface area (Å²) in [6.45, 7) is 2.70. The zero-order valence-corrected chi connectivity index (χ0v) is 11.8. The molecule has 1 amide bonds. The van der Waals surface area contributed by atoms with Crippen molar-refractivity contribution in [1.82, 2.24) is 0 Å². The average Bonchev–Trinajstić information content (AvgIpc) is 2.40. The van der Waals surface area contributed by atoms with E-state index in [1.54, 1.807) is 24.0 Å². The molecule has 0 unspecified atom stereocenters. The molecule has 1 aliphatic carbocycles. The summed E-state index contributed by atoms with van der Waals surface area (Å²) < 4.78 is 27.8. The Morgan fingerprint density at radius 3 is 2.40 bits per heavy atom. The summed E-state index contributed by atoms with van der Waals surface area (Å²) in [5, 5.41) is 0. The number of halogens is 2. The number of carbonyl (C=O) groups is 1. The lowest BCUT2D eigenvalue weighted by Crippen LogP contribution is -2.53. The van der Waals surface area contributed by atoms with Crippen molar-refractivity contribution < 1.29 is 13.6 Å². The summed E-state index contributed by atoms with van der Waals surface area (Å²) in [6.07, 6.45) is 3.67. The monoisotopic (exact) mass is 279 g/mol. The van der Waals surface area contributed by atoms with Crippen LogP contribution in [0, 0.1) is 12.8 Å². The molecule has 2 bridgehead atoms. The number of anilines is 1. The number of benzene rings is 1. The van der Waals surface area contributed by atoms with Gasteiger partial charge in [-0.05, 0) is 44.7 Å². The number of piperidine rings is 2. The van der Waals surface area contributed by atoms with Gasteiger partial charge in [-0.2, -0.15) is 0 Å². The number of aryl methyl sites for hydroxylation is 1. The first-order valence-electron chi connectivity index (χ1n) is 7.20. The van der Waals surface area contributed by atoms with E-state index in [9.17, 15) is 13.6 Å². The zero-order valence-electron chi connectivity index (χ0n) is 11.8. The molecule has 20 heavy (non-hydrogen) atoms. The fourth-order valence-electron chi connectivity index (χ4n) is 3.48. The molecule has 2 aliphatic heterocycles. The molecule has 1 aromatic carbocycles. The van der Waals surface area contributed by atoms with Gasteiger partial charge < -0.3 is 4.90 Å². The van der Waals surface area contributed by atoms with E-state index in [1.165, 1.54) is 6.07 Å². The van der Waals surface area contributed by atoms with Crippen LogP contribution < -0.4 is 4.90 Å². The minimum Gasteiger partial charge on any atom is -0.309 e. The molecule has 2 saturated heterocycles. The highest BCUT2D eigenvalue weighted by Gasteiger charge is 2.43. The molecular formula is C16H19F2NO. The second kappa shape index (κ2) is 4.54. The lowest BCUT2D eigenvalue weighted by molar-refractivity contribution is -0.127. The molecule has 0 radical (unpaired) electrons. The van der Waals surface area contributed by atoms with Crippen LogP contribution in [0.2, 0.25) is 0 Å². The van der Waals surface area contributed by atoms with Gasteiger partial charge in [0.15, 0.2) is 0 Å². The number of rotatable bonds is 2. The Balaban J connectivity index is 2.08. The van der Waals surface area contributed by atoms with E-state index < -0.39 is 5.92 Å². The molecule has 108 valence electrons. The maximum Gasteiger partial charge on any atom is 0.272 e. The second-order valence-electron chi connectivity index (χ2n) is 6.12. The van der Waals surface area contributed by atoms with Crippen molar-refractivity contribution in [3.63, 3.8) is 0 Å². The number of carbonyl (C=O) groups excluding carboxylic acids is 1. The van der Waals surface area contributed by atoms with Crippen molar-refractivity contribution in [3.8, 4) is 0 Å². The molecule has 4 rings (SSSR count). The maximum atomic E-state index is 13.9. The molecule has 3 fully saturated rings. The number of hydrogen-bond acceptors (Lipinski definition) is 1. The largest absolute Gasteiger partial charge is 0.309 e. The van der Waals surface area contributed by atoms with Gasteiger partial charge in [0.05, 0.1) is 5.69 Å². The quantitative estimate of drug-likeness (QED) is 0.801. The van der Waals surface area contributed by atoms with Crippen LogP contribution in [0.3, 0.4) is 0 Å². The van der Waals surface area contributed by atoms with Gasteiger partial charge in [-0.3, -0.25) is 4.79 Å². The zero-order chi connectivity index (χ0) is 14.5. The van der Waals surface area contributed by atoms with E-state index in [4.69, 9.17) is 0 Å². The summed E-state index contributed by atoms with van der Waals surface area (Å²) >= 11 is 0. The lowest BCUT2D eigenvalue weighted by atomic mass is 9.78. The maximum absolute atomic E-state index is 13.9. The van der Waals surface area contributed by atoms with Crippen LogP contribution in [0.5, 0.6) is 0 Å². The Bertz CT molecular complexity index is 542. The van der Waals surface area contributed by atoms with E-state index in [-0.39, 0.29) is 23.4 Å². The van der Waals surface area contributed by atoms with E-state index >= 15 is 0 Å². The highest BCUT2D eigenvalue weighted by molar-refractivity contribution is 5.98. The minimum atomic E-state index is -2.93. The van der Waals surface area contributed by atoms with Crippen LogP contribution >= 0.6 is 0 Å². The predicted octanol–water partition coefficient (Wildman–Crippen LogP) is 4.01. The molecule has 1 saturated carbocycles. The number of nitrogens with zero attached hydrogens (tertiary/aromatic N) is 1. The van der Waals surface area contributed by atoms with Crippen molar-refractivity contribution >= 4 is 11.6 Å². The number of hydrogen-bond donors (Lipinski definition) is 0. The van der Waals surface area contributed by atoms with Crippen molar-refractivity contribution in [1.29, 1.82) is 0 Å². The SMILES string of the molecule is Cc1ccc(N2C(=O)C3CCC2CC3)c(C(C)(F)F)c1. The molecule has 3 aliphatic rings. The van der Waals surface area contributed by atoms with E-state index in [0.29, 0.717) is 5.69 Å². The number of alkyl halides is 2. The summed E-state index contributed by atoms with van der Waals surface area (Å²) in [6, 6.07) is 5.09. The first-order valence-corrected chi connectivity index (χ1v) is 7.20. The summed E-state index contributed by atoms with van der Waals surface area (Å²) in [7, 11) is 0. The van der Waals surface area contributed by atoms with Crippen LogP contribution in [-0.2, 0) is 10.7 Å². The van der Waals surface area contributed by atoms with Crippen LogP contribution in [-0.4, -0.2) is 11.9 Å². The molecule has 0 spiro atoms. The predicted molar refractivity (Wildman–Crippen MR) is 74.0 cm³/mol. The Morgan fingerprint density at radius 1 is 1.20 bits per heavy atom. The van der Waals surface area contributed by atoms with Crippen LogP contribution in [0.15, 0.2) is 18.2 Å². The average molecular weight is 279 g/mol. The Morgan fingerprint density at radius 2 is 1.85 bits per heavy atom. The van der Waals surface area contributed by atoms with Crippen molar-refractivity contribution in [2.24, 2.45) is 5.92 Å². The fourth-order valence-corrected chi connectivity index (χ4v) is 3.48.